The summed E-state index contributed by atoms with van der Waals surface area (Å²) in [5.74, 6) is 0.359. The average molecular weight is 585 g/mol. The number of aliphatic hydroxyl groups excluding tert-OH is 1. The van der Waals surface area contributed by atoms with Crippen LogP contribution in [0.2, 0.25) is 0 Å². The van der Waals surface area contributed by atoms with Gasteiger partial charge in [-0.15, -0.1) is 0 Å². The second kappa shape index (κ2) is 11.8. The van der Waals surface area contributed by atoms with E-state index in [1.807, 2.05) is 17.2 Å². The first-order chi connectivity index (χ1) is 20.3. The van der Waals surface area contributed by atoms with Crippen molar-refractivity contribution in [3.05, 3.63) is 60.0 Å². The zero-order chi connectivity index (χ0) is 29.3. The van der Waals surface area contributed by atoms with Crippen molar-refractivity contribution < 1.29 is 27.8 Å². The number of aromatic nitrogens is 7. The molecule has 0 unspecified atom stereocenters. The van der Waals surface area contributed by atoms with Crippen molar-refractivity contribution in [1.82, 2.24) is 39.6 Å². The van der Waals surface area contributed by atoms with Crippen LogP contribution in [0, 0.1) is 0 Å². The molecule has 0 spiro atoms. The number of piperidine rings is 1. The van der Waals surface area contributed by atoms with E-state index in [4.69, 9.17) is 19.6 Å². The van der Waals surface area contributed by atoms with Gasteiger partial charge in [-0.3, -0.25) is 15.0 Å². The zero-order valence-corrected chi connectivity index (χ0v) is 22.8. The summed E-state index contributed by atoms with van der Waals surface area (Å²) >= 11 is 0. The average Bonchev–Trinajstić information content (AvgIpc) is 3.59. The molecule has 6 rings (SSSR count). The lowest BCUT2D eigenvalue weighted by molar-refractivity contribution is -0.144. The summed E-state index contributed by atoms with van der Waals surface area (Å²) in [5.41, 5.74) is 3.19. The minimum atomic E-state index is -4.62. The van der Waals surface area contributed by atoms with Crippen molar-refractivity contribution in [2.45, 2.75) is 50.6 Å². The van der Waals surface area contributed by atoms with Crippen LogP contribution in [0.4, 0.5) is 13.2 Å². The lowest BCUT2D eigenvalue weighted by atomic mass is 9.93. The lowest BCUT2D eigenvalue weighted by Crippen LogP contribution is -2.35. The van der Waals surface area contributed by atoms with Gasteiger partial charge < -0.3 is 19.1 Å². The Labute approximate surface area is 239 Å². The molecule has 1 atom stereocenters. The minimum absolute atomic E-state index is 0.0871. The summed E-state index contributed by atoms with van der Waals surface area (Å²) in [7, 11) is 0. The Kier molecular flexibility index (Phi) is 7.92. The van der Waals surface area contributed by atoms with Gasteiger partial charge in [0.05, 0.1) is 43.0 Å². The normalized spacial score (nSPS) is 18.3. The summed E-state index contributed by atoms with van der Waals surface area (Å²) in [5, 5.41) is 14.8. The fourth-order valence-corrected chi connectivity index (χ4v) is 5.20. The number of hydrogen-bond donors (Lipinski definition) is 2. The van der Waals surface area contributed by atoms with E-state index in [1.165, 1.54) is 0 Å². The molecular formula is C28H31F3N8O3. The Morgan fingerprint density at radius 1 is 1.17 bits per heavy atom. The van der Waals surface area contributed by atoms with Gasteiger partial charge in [-0.05, 0) is 50.1 Å². The van der Waals surface area contributed by atoms with Crippen LogP contribution in [0.3, 0.4) is 0 Å². The molecule has 2 N–H and O–H groups in total. The first-order valence-corrected chi connectivity index (χ1v) is 13.8. The van der Waals surface area contributed by atoms with E-state index in [0.29, 0.717) is 36.0 Å². The molecule has 0 amide bonds. The van der Waals surface area contributed by atoms with Gasteiger partial charge in [0.25, 0.3) is 0 Å². The monoisotopic (exact) mass is 584 g/mol. The van der Waals surface area contributed by atoms with Crippen LogP contribution in [0.5, 0.6) is 5.88 Å². The Morgan fingerprint density at radius 3 is 2.67 bits per heavy atom. The van der Waals surface area contributed by atoms with E-state index < -0.39 is 12.0 Å². The van der Waals surface area contributed by atoms with Gasteiger partial charge in [-0.2, -0.15) is 18.3 Å². The van der Waals surface area contributed by atoms with Crippen molar-refractivity contribution >= 4 is 11.0 Å². The van der Waals surface area contributed by atoms with E-state index in [0.717, 1.165) is 56.0 Å². The molecule has 4 aromatic heterocycles. The van der Waals surface area contributed by atoms with E-state index in [1.54, 1.807) is 18.3 Å². The highest BCUT2D eigenvalue weighted by Crippen LogP contribution is 2.31. The molecular weight excluding hydrogens is 553 g/mol. The summed E-state index contributed by atoms with van der Waals surface area (Å²) in [4.78, 5) is 19.8. The quantitative estimate of drug-likeness (QED) is 0.268. The number of halogens is 3. The van der Waals surface area contributed by atoms with Gasteiger partial charge in [0.15, 0.2) is 5.82 Å². The van der Waals surface area contributed by atoms with Gasteiger partial charge in [-0.25, -0.2) is 15.0 Å². The number of H-pyrrole nitrogens is 1. The molecule has 2 aliphatic heterocycles. The first-order valence-electron chi connectivity index (χ1n) is 13.8. The number of rotatable bonds is 10. The van der Waals surface area contributed by atoms with Crippen LogP contribution in [0.15, 0.2) is 42.6 Å². The second-order valence-electron chi connectivity index (χ2n) is 10.6. The highest BCUT2D eigenvalue weighted by Gasteiger charge is 2.35. The third-order valence-corrected chi connectivity index (χ3v) is 7.64. The van der Waals surface area contributed by atoms with Crippen LogP contribution in [0.25, 0.3) is 22.6 Å². The number of nitrogens with one attached hydrogen (secondary N) is 1. The van der Waals surface area contributed by atoms with Gasteiger partial charge in [0, 0.05) is 24.3 Å². The van der Waals surface area contributed by atoms with E-state index in [-0.39, 0.29) is 30.8 Å². The highest BCUT2D eigenvalue weighted by atomic mass is 19.4. The fraction of sp³-hybridized carbons (Fsp3) is 0.464. The molecule has 42 heavy (non-hydrogen) atoms. The van der Waals surface area contributed by atoms with Crippen LogP contribution in [0.1, 0.15) is 42.5 Å². The third-order valence-electron chi connectivity index (χ3n) is 7.64. The number of pyridine rings is 2. The molecule has 2 saturated heterocycles. The summed E-state index contributed by atoms with van der Waals surface area (Å²) in [6, 6.07) is 7.38. The summed E-state index contributed by atoms with van der Waals surface area (Å²) in [6.45, 7) is 7.51. The van der Waals surface area contributed by atoms with Crippen LogP contribution in [-0.4, -0.2) is 83.7 Å². The Bertz CT molecular complexity index is 1560. The van der Waals surface area contributed by atoms with Crippen molar-refractivity contribution in [3.63, 3.8) is 0 Å². The maximum Gasteiger partial charge on any atom is 0.451 e. The SMILES string of the molecule is C=C(CO)COc1cccc(C2CCN(Cc3nc4cc(-c5n[nH]c(C(F)(F)F)n5)ncc4n3C[C@@H]3CCO3)CC2)n1. The molecule has 222 valence electrons. The molecule has 14 heteroatoms. The number of alkyl halides is 3. The number of nitrogens with zero attached hydrogens (tertiary/aromatic N) is 7. The van der Waals surface area contributed by atoms with Crippen molar-refractivity contribution in [3.8, 4) is 17.4 Å². The first kappa shape index (κ1) is 28.2. The van der Waals surface area contributed by atoms with E-state index in [2.05, 4.69) is 36.1 Å². The number of aromatic amines is 1. The number of likely N-dealkylation sites (tertiary alicyclic amines) is 1. The lowest BCUT2D eigenvalue weighted by Gasteiger charge is -2.32. The summed E-state index contributed by atoms with van der Waals surface area (Å²) < 4.78 is 52.5. The molecule has 6 heterocycles. The number of aliphatic hydroxyl groups is 1. The molecule has 2 fully saturated rings. The third kappa shape index (κ3) is 6.15. The van der Waals surface area contributed by atoms with E-state index in [9.17, 15) is 13.2 Å². The fourth-order valence-electron chi connectivity index (χ4n) is 5.20. The second-order valence-corrected chi connectivity index (χ2v) is 10.6. The number of imidazole rings is 1. The van der Waals surface area contributed by atoms with Crippen LogP contribution < -0.4 is 4.74 Å². The predicted molar refractivity (Wildman–Crippen MR) is 145 cm³/mol. The number of fused-ring (bicyclic) bond motifs is 1. The maximum atomic E-state index is 13.0. The minimum Gasteiger partial charge on any atom is -0.473 e. The molecule has 2 aliphatic rings. The van der Waals surface area contributed by atoms with Gasteiger partial charge in [-0.1, -0.05) is 12.6 Å². The van der Waals surface area contributed by atoms with Crippen molar-refractivity contribution in [2.24, 2.45) is 0 Å². The molecule has 0 radical (unpaired) electrons. The smallest absolute Gasteiger partial charge is 0.451 e. The van der Waals surface area contributed by atoms with Gasteiger partial charge in [0.2, 0.25) is 11.7 Å². The topological polar surface area (TPSA) is 127 Å². The van der Waals surface area contributed by atoms with Gasteiger partial charge >= 0.3 is 6.18 Å². The predicted octanol–water partition coefficient (Wildman–Crippen LogP) is 3.73. The molecule has 0 aromatic carbocycles. The Balaban J connectivity index is 1.16. The van der Waals surface area contributed by atoms with Gasteiger partial charge in [0.1, 0.15) is 18.1 Å². The molecule has 0 aliphatic carbocycles. The van der Waals surface area contributed by atoms with Crippen molar-refractivity contribution in [1.29, 1.82) is 0 Å². The Hall–Kier alpha value is -3.88. The molecule has 11 nitrogen and oxygen atoms in total. The number of hydrogen-bond acceptors (Lipinski definition) is 9. The standard InChI is InChI=1S/C28H31F3N8O3/c1-17(15-40)16-42-25-4-2-3-20(34-25)18-5-8-38(9-6-18)14-24-33-21-11-22(26-35-27(37-36-26)28(29,30)31)32-12-23(21)39(24)13-19-7-10-41-19/h2-4,11-12,18-19,40H,1,5-10,13-16H2,(H,35,36,37)/t19-/m0/s1. The Morgan fingerprint density at radius 2 is 1.98 bits per heavy atom. The summed E-state index contributed by atoms with van der Waals surface area (Å²) in [6.07, 6.45) is -0.121. The van der Waals surface area contributed by atoms with Crippen LogP contribution >= 0.6 is 0 Å². The maximum absolute atomic E-state index is 13.0. The number of ether oxygens (including phenoxy) is 2. The largest absolute Gasteiger partial charge is 0.473 e. The zero-order valence-electron chi connectivity index (χ0n) is 22.8. The van der Waals surface area contributed by atoms with E-state index >= 15 is 0 Å². The molecule has 0 saturated carbocycles. The molecule has 0 bridgehead atoms. The highest BCUT2D eigenvalue weighted by molar-refractivity contribution is 5.78. The van der Waals surface area contributed by atoms with Crippen molar-refractivity contribution in [2.75, 3.05) is 32.9 Å². The van der Waals surface area contributed by atoms with Crippen LogP contribution in [-0.2, 0) is 24.0 Å². The molecule has 4 aromatic rings.